The maximum absolute atomic E-state index is 14.1. The molecule has 1 aliphatic rings. The van der Waals surface area contributed by atoms with Gasteiger partial charge < -0.3 is 15.3 Å². The summed E-state index contributed by atoms with van der Waals surface area (Å²) in [7, 11) is 0. The molecule has 0 bridgehead atoms. The van der Waals surface area contributed by atoms with Crippen LogP contribution in [0.2, 0.25) is 0 Å². The number of carbonyl (C=O) groups excluding carboxylic acids is 1. The van der Waals surface area contributed by atoms with E-state index in [9.17, 15) is 9.18 Å². The van der Waals surface area contributed by atoms with E-state index in [1.165, 1.54) is 23.6 Å². The van der Waals surface area contributed by atoms with Crippen LogP contribution in [0.4, 0.5) is 21.2 Å². The first-order chi connectivity index (χ1) is 15.9. The Labute approximate surface area is 203 Å². The van der Waals surface area contributed by atoms with Crippen molar-refractivity contribution in [3.05, 3.63) is 57.0 Å². The molecule has 1 fully saturated rings. The van der Waals surface area contributed by atoms with E-state index in [0.29, 0.717) is 38.2 Å². The number of β-amino-alcohol motifs (C(OH)–C–C–N with tert-alkyl or cyclic N) is 1. The van der Waals surface area contributed by atoms with Crippen LogP contribution in [0.15, 0.2) is 34.9 Å². The molecular formula is C22H24BrFN6O2S. The molecule has 0 unspecified atom stereocenters. The number of aliphatic hydroxyl groups excluding tert-OH is 1. The summed E-state index contributed by atoms with van der Waals surface area (Å²) in [5, 5.41) is 12.8. The third-order valence-electron chi connectivity index (χ3n) is 5.35. The number of hydrogen-bond donors (Lipinski definition) is 2. The molecule has 2 N–H and O–H groups in total. The zero-order chi connectivity index (χ0) is 23.4. The van der Waals surface area contributed by atoms with Crippen molar-refractivity contribution in [2.45, 2.75) is 13.3 Å². The number of ketones is 1. The Morgan fingerprint density at radius 2 is 2.06 bits per heavy atom. The second kappa shape index (κ2) is 10.6. The first-order valence-electron chi connectivity index (χ1n) is 10.6. The average Bonchev–Trinajstić information content (AvgIpc) is 3.25. The van der Waals surface area contributed by atoms with Gasteiger partial charge in [-0.1, -0.05) is 33.3 Å². The van der Waals surface area contributed by atoms with Crippen molar-refractivity contribution in [2.24, 2.45) is 0 Å². The molecule has 8 nitrogen and oxygen atoms in total. The summed E-state index contributed by atoms with van der Waals surface area (Å²) < 4.78 is 14.6. The average molecular weight is 535 g/mol. The number of anilines is 3. The van der Waals surface area contributed by atoms with E-state index in [-0.39, 0.29) is 18.8 Å². The fraction of sp³-hybridized carbons (Fsp3) is 0.364. The maximum Gasteiger partial charge on any atom is 0.188 e. The Kier molecular flexibility index (Phi) is 7.63. The highest BCUT2D eigenvalue weighted by atomic mass is 79.9. The molecule has 0 amide bonds. The number of Topliss-reactive ketones (excluding diaryl/α,β-unsaturated/α-hetero) is 1. The first kappa shape index (κ1) is 23.7. The van der Waals surface area contributed by atoms with Gasteiger partial charge in [0, 0.05) is 55.2 Å². The summed E-state index contributed by atoms with van der Waals surface area (Å²) in [4.78, 5) is 30.8. The van der Waals surface area contributed by atoms with E-state index in [1.807, 2.05) is 13.0 Å². The molecule has 33 heavy (non-hydrogen) atoms. The lowest BCUT2D eigenvalue weighted by atomic mass is 10.1. The molecule has 3 heterocycles. The van der Waals surface area contributed by atoms with Crippen LogP contribution in [-0.4, -0.2) is 70.1 Å². The molecular weight excluding hydrogens is 511 g/mol. The van der Waals surface area contributed by atoms with Crippen LogP contribution < -0.4 is 10.2 Å². The normalized spacial score (nSPS) is 14.5. The number of aryl methyl sites for hydroxylation is 1. The summed E-state index contributed by atoms with van der Waals surface area (Å²) in [6.45, 7) is 6.04. The van der Waals surface area contributed by atoms with Crippen LogP contribution in [0.1, 0.15) is 21.1 Å². The molecule has 174 valence electrons. The number of halogens is 2. The molecule has 0 atom stereocenters. The minimum Gasteiger partial charge on any atom is -0.395 e. The van der Waals surface area contributed by atoms with Crippen LogP contribution in [0.25, 0.3) is 0 Å². The second-order valence-corrected chi connectivity index (χ2v) is 9.55. The van der Waals surface area contributed by atoms with Gasteiger partial charge in [-0.05, 0) is 19.1 Å². The van der Waals surface area contributed by atoms with Crippen molar-refractivity contribution in [3.8, 4) is 0 Å². The molecule has 0 saturated carbocycles. The molecule has 3 aromatic rings. The van der Waals surface area contributed by atoms with Crippen molar-refractivity contribution >= 4 is 49.8 Å². The van der Waals surface area contributed by atoms with E-state index >= 15 is 0 Å². The number of nitrogens with zero attached hydrogens (tertiary/aromatic N) is 5. The molecule has 1 aliphatic heterocycles. The van der Waals surface area contributed by atoms with Gasteiger partial charge in [-0.15, -0.1) is 0 Å². The summed E-state index contributed by atoms with van der Waals surface area (Å²) in [5.74, 6) is 1.44. The number of aliphatic hydroxyl groups is 1. The Hall–Kier alpha value is -2.47. The number of benzene rings is 1. The largest absolute Gasteiger partial charge is 0.395 e. The molecule has 11 heteroatoms. The van der Waals surface area contributed by atoms with Crippen molar-refractivity contribution in [3.63, 3.8) is 0 Å². The Morgan fingerprint density at radius 1 is 1.27 bits per heavy atom. The van der Waals surface area contributed by atoms with Gasteiger partial charge in [-0.3, -0.25) is 9.69 Å². The van der Waals surface area contributed by atoms with Crippen molar-refractivity contribution in [1.82, 2.24) is 19.9 Å². The van der Waals surface area contributed by atoms with Crippen molar-refractivity contribution in [2.75, 3.05) is 49.5 Å². The molecule has 2 aromatic heterocycles. The fourth-order valence-electron chi connectivity index (χ4n) is 3.64. The quantitative estimate of drug-likeness (QED) is 0.424. The minimum atomic E-state index is -0.415. The predicted octanol–water partition coefficient (Wildman–Crippen LogP) is 3.43. The van der Waals surface area contributed by atoms with Gasteiger partial charge in [0.25, 0.3) is 0 Å². The van der Waals surface area contributed by atoms with Gasteiger partial charge in [0.2, 0.25) is 0 Å². The van der Waals surface area contributed by atoms with E-state index in [4.69, 9.17) is 5.11 Å². The van der Waals surface area contributed by atoms with E-state index in [2.05, 4.69) is 46.0 Å². The summed E-state index contributed by atoms with van der Waals surface area (Å²) in [6, 6.07) is 6.52. The van der Waals surface area contributed by atoms with E-state index in [1.54, 1.807) is 12.1 Å². The topological polar surface area (TPSA) is 94.5 Å². The third-order valence-corrected chi connectivity index (χ3v) is 7.05. The van der Waals surface area contributed by atoms with Gasteiger partial charge in [-0.25, -0.2) is 19.3 Å². The predicted molar refractivity (Wildman–Crippen MR) is 130 cm³/mol. The Morgan fingerprint density at radius 3 is 2.79 bits per heavy atom. The molecule has 1 aromatic carbocycles. The Bertz CT molecular complexity index is 1120. The minimum absolute atomic E-state index is 0.0477. The van der Waals surface area contributed by atoms with E-state index in [0.717, 1.165) is 32.0 Å². The number of piperazine rings is 1. The smallest absolute Gasteiger partial charge is 0.188 e. The van der Waals surface area contributed by atoms with Crippen LogP contribution in [0.3, 0.4) is 0 Å². The van der Waals surface area contributed by atoms with Crippen LogP contribution in [-0.2, 0) is 6.42 Å². The van der Waals surface area contributed by atoms with Crippen LogP contribution in [0, 0.1) is 12.7 Å². The van der Waals surface area contributed by atoms with Gasteiger partial charge in [0.1, 0.15) is 23.3 Å². The summed E-state index contributed by atoms with van der Waals surface area (Å²) in [5.41, 5.74) is 0.334. The number of aromatic nitrogens is 3. The molecule has 0 radical (unpaired) electrons. The van der Waals surface area contributed by atoms with Crippen molar-refractivity contribution < 1.29 is 14.3 Å². The zero-order valence-electron chi connectivity index (χ0n) is 18.1. The van der Waals surface area contributed by atoms with Gasteiger partial charge in [0.05, 0.1) is 17.7 Å². The molecule has 0 spiro atoms. The molecule has 4 rings (SSSR count). The summed E-state index contributed by atoms with van der Waals surface area (Å²) in [6.07, 6.45) is 1.45. The molecule has 1 saturated heterocycles. The number of hydrogen-bond acceptors (Lipinski definition) is 9. The first-order valence-corrected chi connectivity index (χ1v) is 12.2. The second-order valence-electron chi connectivity index (χ2n) is 7.67. The lowest BCUT2D eigenvalue weighted by molar-refractivity contribution is 0.0995. The SMILES string of the molecule is Cc1nc(Nc2ncc(C(=O)Cc3c(F)cccc3Br)s2)cc(N2CCN(CCO)CC2)n1. The van der Waals surface area contributed by atoms with Gasteiger partial charge in [0.15, 0.2) is 10.9 Å². The van der Waals surface area contributed by atoms with Crippen molar-refractivity contribution in [1.29, 1.82) is 0 Å². The maximum atomic E-state index is 14.1. The van der Waals surface area contributed by atoms with E-state index < -0.39 is 5.82 Å². The summed E-state index contributed by atoms with van der Waals surface area (Å²) >= 11 is 4.51. The standard InChI is InChI=1S/C22H24BrFN6O2S/c1-14-26-20(12-21(27-14)30-7-5-29(6-8-30)9-10-31)28-22-25-13-19(33-22)18(32)11-15-16(23)3-2-4-17(15)24/h2-4,12-13,31H,5-11H2,1H3,(H,25,26,27,28). The monoisotopic (exact) mass is 534 g/mol. The highest BCUT2D eigenvalue weighted by Gasteiger charge is 2.20. The fourth-order valence-corrected chi connectivity index (χ4v) is 4.88. The highest BCUT2D eigenvalue weighted by Crippen LogP contribution is 2.27. The molecule has 0 aliphatic carbocycles. The number of carbonyl (C=O) groups is 1. The van der Waals surface area contributed by atoms with Gasteiger partial charge in [-0.2, -0.15) is 0 Å². The lowest BCUT2D eigenvalue weighted by Gasteiger charge is -2.35. The number of thiazole rings is 1. The zero-order valence-corrected chi connectivity index (χ0v) is 20.5. The highest BCUT2D eigenvalue weighted by molar-refractivity contribution is 9.10. The lowest BCUT2D eigenvalue weighted by Crippen LogP contribution is -2.47. The van der Waals surface area contributed by atoms with Crippen LogP contribution in [0.5, 0.6) is 0 Å². The van der Waals surface area contributed by atoms with Gasteiger partial charge >= 0.3 is 0 Å². The number of nitrogens with one attached hydrogen (secondary N) is 1. The van der Waals surface area contributed by atoms with Crippen LogP contribution >= 0.6 is 27.3 Å². The Balaban J connectivity index is 1.43. The third kappa shape index (κ3) is 5.91. The number of rotatable bonds is 8.